The highest BCUT2D eigenvalue weighted by atomic mass is 35.5. The second-order valence-corrected chi connectivity index (χ2v) is 5.12. The lowest BCUT2D eigenvalue weighted by Gasteiger charge is -2.09. The zero-order chi connectivity index (χ0) is 12.8. The maximum Gasteiger partial charge on any atom is 0.0223 e. The molecule has 0 fully saturated rings. The Labute approximate surface area is 113 Å². The highest BCUT2D eigenvalue weighted by Crippen LogP contribution is 2.17. The largest absolute Gasteiger partial charge is 0.127 e. The molecular formula is C16H29Cl. The molecule has 0 aliphatic rings. The molecule has 1 heteroatoms. The van der Waals surface area contributed by atoms with Gasteiger partial charge in [-0.05, 0) is 38.0 Å². The molecule has 0 rings (SSSR count). The summed E-state index contributed by atoms with van der Waals surface area (Å²) in [6, 6.07) is 0. The first kappa shape index (κ1) is 16.8. The zero-order valence-corrected chi connectivity index (χ0v) is 12.2. The molecular weight excluding hydrogens is 228 g/mol. The minimum atomic E-state index is 0.709. The van der Waals surface area contributed by atoms with Crippen LogP contribution < -0.4 is 0 Å². The van der Waals surface area contributed by atoms with Crippen molar-refractivity contribution >= 4 is 11.6 Å². The molecule has 1 unspecified atom stereocenters. The van der Waals surface area contributed by atoms with Gasteiger partial charge in [-0.25, -0.2) is 0 Å². The van der Waals surface area contributed by atoms with Crippen molar-refractivity contribution in [1.29, 1.82) is 0 Å². The Kier molecular flexibility index (Phi) is 13.6. The average Bonchev–Trinajstić information content (AvgIpc) is 2.34. The summed E-state index contributed by atoms with van der Waals surface area (Å²) >= 11 is 5.65. The van der Waals surface area contributed by atoms with E-state index in [0.717, 1.165) is 18.7 Å². The second-order valence-electron chi connectivity index (χ2n) is 4.75. The van der Waals surface area contributed by atoms with Gasteiger partial charge in [0.05, 0.1) is 0 Å². The molecule has 0 aliphatic carbocycles. The van der Waals surface area contributed by atoms with E-state index >= 15 is 0 Å². The van der Waals surface area contributed by atoms with Crippen LogP contribution in [0, 0.1) is 5.92 Å². The van der Waals surface area contributed by atoms with Crippen LogP contribution >= 0.6 is 11.6 Å². The van der Waals surface area contributed by atoms with Crippen molar-refractivity contribution in [3.63, 3.8) is 0 Å². The van der Waals surface area contributed by atoms with Crippen molar-refractivity contribution in [1.82, 2.24) is 0 Å². The topological polar surface area (TPSA) is 0 Å². The maximum atomic E-state index is 5.65. The number of rotatable bonds is 12. The van der Waals surface area contributed by atoms with Crippen molar-refractivity contribution in [3.05, 3.63) is 24.8 Å². The zero-order valence-electron chi connectivity index (χ0n) is 11.5. The lowest BCUT2D eigenvalue weighted by atomic mass is 9.96. The summed E-state index contributed by atoms with van der Waals surface area (Å²) in [5, 5.41) is 0. The van der Waals surface area contributed by atoms with Gasteiger partial charge in [0.1, 0.15) is 0 Å². The van der Waals surface area contributed by atoms with E-state index in [4.69, 9.17) is 11.6 Å². The van der Waals surface area contributed by atoms with Crippen LogP contribution in [-0.2, 0) is 0 Å². The first-order chi connectivity index (χ1) is 8.35. The molecule has 0 radical (unpaired) electrons. The van der Waals surface area contributed by atoms with Crippen LogP contribution in [0.25, 0.3) is 0 Å². The highest BCUT2D eigenvalue weighted by molar-refractivity contribution is 6.17. The minimum Gasteiger partial charge on any atom is -0.127 e. The lowest BCUT2D eigenvalue weighted by Crippen LogP contribution is -1.95. The van der Waals surface area contributed by atoms with E-state index in [2.05, 4.69) is 25.7 Å². The summed E-state index contributed by atoms with van der Waals surface area (Å²) in [6.07, 6.45) is 18.2. The van der Waals surface area contributed by atoms with Crippen LogP contribution in [0.2, 0.25) is 0 Å². The molecule has 0 aromatic heterocycles. The van der Waals surface area contributed by atoms with Crippen molar-refractivity contribution in [2.75, 3.05) is 5.88 Å². The van der Waals surface area contributed by atoms with Crippen LogP contribution in [0.5, 0.6) is 0 Å². The van der Waals surface area contributed by atoms with Crippen LogP contribution in [0.1, 0.15) is 64.7 Å². The van der Waals surface area contributed by atoms with E-state index in [-0.39, 0.29) is 0 Å². The number of hydrogen-bond donors (Lipinski definition) is 0. The molecule has 0 aromatic rings. The fraction of sp³-hybridized carbons (Fsp3) is 0.750. The Bertz CT molecular complexity index is 184. The summed E-state index contributed by atoms with van der Waals surface area (Å²) < 4.78 is 0. The Morgan fingerprint density at radius 3 is 2.59 bits per heavy atom. The first-order valence-electron chi connectivity index (χ1n) is 7.18. The number of halogens is 1. The van der Waals surface area contributed by atoms with Crippen molar-refractivity contribution in [3.8, 4) is 0 Å². The highest BCUT2D eigenvalue weighted by Gasteiger charge is 2.01. The standard InChI is InChI=1S/C16H29Cl/c1-3-5-6-9-13-16(12-4-2)14-10-7-8-11-15-17/h4,10,14,16H,2-3,5-9,11-13,15H2,1H3/b14-10-. The molecule has 0 aromatic carbocycles. The Hall–Kier alpha value is -0.230. The Morgan fingerprint density at radius 1 is 1.12 bits per heavy atom. The van der Waals surface area contributed by atoms with Crippen LogP contribution in [0.15, 0.2) is 24.8 Å². The Morgan fingerprint density at radius 2 is 1.94 bits per heavy atom. The average molecular weight is 257 g/mol. The molecule has 0 saturated carbocycles. The van der Waals surface area contributed by atoms with E-state index in [1.54, 1.807) is 0 Å². The normalized spacial score (nSPS) is 13.1. The third kappa shape index (κ3) is 12.0. The Balaban J connectivity index is 3.68. The van der Waals surface area contributed by atoms with Gasteiger partial charge in [0.15, 0.2) is 0 Å². The molecule has 1 atom stereocenters. The fourth-order valence-corrected chi connectivity index (χ4v) is 2.17. The van der Waals surface area contributed by atoms with Crippen LogP contribution in [0.4, 0.5) is 0 Å². The summed E-state index contributed by atoms with van der Waals surface area (Å²) in [4.78, 5) is 0. The van der Waals surface area contributed by atoms with E-state index < -0.39 is 0 Å². The number of alkyl halides is 1. The number of unbranched alkanes of at least 4 members (excludes halogenated alkanes) is 5. The van der Waals surface area contributed by atoms with Gasteiger partial charge in [-0.3, -0.25) is 0 Å². The molecule has 0 nitrogen and oxygen atoms in total. The number of hydrogen-bond acceptors (Lipinski definition) is 0. The summed E-state index contributed by atoms with van der Waals surface area (Å²) in [5.41, 5.74) is 0. The minimum absolute atomic E-state index is 0.709. The van der Waals surface area contributed by atoms with E-state index in [1.165, 1.54) is 44.9 Å². The van der Waals surface area contributed by atoms with Gasteiger partial charge in [0.25, 0.3) is 0 Å². The van der Waals surface area contributed by atoms with Gasteiger partial charge in [-0.2, -0.15) is 0 Å². The third-order valence-corrected chi connectivity index (χ3v) is 3.33. The SMILES string of the molecule is C=CCC(/C=C\CCCCCl)CCCCCC. The van der Waals surface area contributed by atoms with Crippen molar-refractivity contribution in [2.45, 2.75) is 64.7 Å². The van der Waals surface area contributed by atoms with Gasteiger partial charge in [0.2, 0.25) is 0 Å². The molecule has 0 saturated heterocycles. The molecule has 0 amide bonds. The smallest absolute Gasteiger partial charge is 0.0223 e. The summed E-state index contributed by atoms with van der Waals surface area (Å²) in [5.74, 6) is 1.50. The quantitative estimate of drug-likeness (QED) is 0.224. The molecule has 0 bridgehead atoms. The predicted octanol–water partition coefficient (Wildman–Crippen LogP) is 6.11. The number of allylic oxidation sites excluding steroid dienone is 3. The summed E-state index contributed by atoms with van der Waals surface area (Å²) in [7, 11) is 0. The molecule has 0 aliphatic heterocycles. The van der Waals surface area contributed by atoms with Gasteiger partial charge in [-0.15, -0.1) is 18.2 Å². The van der Waals surface area contributed by atoms with E-state index in [0.29, 0.717) is 5.92 Å². The molecule has 0 spiro atoms. The van der Waals surface area contributed by atoms with Gasteiger partial charge < -0.3 is 0 Å². The second kappa shape index (κ2) is 13.8. The molecule has 100 valence electrons. The first-order valence-corrected chi connectivity index (χ1v) is 7.72. The molecule has 0 heterocycles. The van der Waals surface area contributed by atoms with E-state index in [1.807, 2.05) is 6.08 Å². The molecule has 17 heavy (non-hydrogen) atoms. The molecule has 0 N–H and O–H groups in total. The van der Waals surface area contributed by atoms with E-state index in [9.17, 15) is 0 Å². The van der Waals surface area contributed by atoms with Gasteiger partial charge in [0, 0.05) is 5.88 Å². The third-order valence-electron chi connectivity index (χ3n) is 3.06. The lowest BCUT2D eigenvalue weighted by molar-refractivity contribution is 0.533. The monoisotopic (exact) mass is 256 g/mol. The predicted molar refractivity (Wildman–Crippen MR) is 80.8 cm³/mol. The summed E-state index contributed by atoms with van der Waals surface area (Å²) in [6.45, 7) is 6.11. The van der Waals surface area contributed by atoms with Gasteiger partial charge in [-0.1, -0.05) is 50.8 Å². The fourth-order valence-electron chi connectivity index (χ4n) is 1.99. The van der Waals surface area contributed by atoms with Crippen molar-refractivity contribution < 1.29 is 0 Å². The van der Waals surface area contributed by atoms with Gasteiger partial charge >= 0.3 is 0 Å². The van der Waals surface area contributed by atoms with Crippen LogP contribution in [-0.4, -0.2) is 5.88 Å². The van der Waals surface area contributed by atoms with Crippen molar-refractivity contribution in [2.24, 2.45) is 5.92 Å². The maximum absolute atomic E-state index is 5.65. The van der Waals surface area contributed by atoms with Crippen LogP contribution in [0.3, 0.4) is 0 Å².